The Labute approximate surface area is 110 Å². The molecule has 3 N–H and O–H groups in total. The fourth-order valence-corrected chi connectivity index (χ4v) is 2.21. The molecular weight excluding hydrogens is 258 g/mol. The maximum Gasteiger partial charge on any atom is 0.234 e. The number of rotatable bonds is 6. The standard InChI is InChI=1S/C11H16ClN3OS/c1-8(13)4-6-17-7-10(16)15-9-3-2-5-14-11(9)12/h2-3,5,8H,4,6-7,13H2,1H3,(H,15,16). The first-order valence-corrected chi connectivity index (χ1v) is 6.86. The van der Waals surface area contributed by atoms with E-state index >= 15 is 0 Å². The molecule has 94 valence electrons. The molecule has 0 aliphatic rings. The highest BCUT2D eigenvalue weighted by atomic mass is 35.5. The number of nitrogens with one attached hydrogen (secondary N) is 1. The lowest BCUT2D eigenvalue weighted by atomic mass is 10.3. The minimum Gasteiger partial charge on any atom is -0.328 e. The van der Waals surface area contributed by atoms with Crippen LogP contribution >= 0.6 is 23.4 Å². The Morgan fingerprint density at radius 2 is 2.47 bits per heavy atom. The molecule has 6 heteroatoms. The number of nitrogens with zero attached hydrogens (tertiary/aromatic N) is 1. The molecule has 0 aliphatic heterocycles. The Kier molecular flexibility index (Phi) is 6.32. The average molecular weight is 274 g/mol. The summed E-state index contributed by atoms with van der Waals surface area (Å²) in [4.78, 5) is 15.4. The molecule has 1 aromatic heterocycles. The van der Waals surface area contributed by atoms with Gasteiger partial charge in [0.1, 0.15) is 0 Å². The Hall–Kier alpha value is -0.780. The van der Waals surface area contributed by atoms with Gasteiger partial charge in [-0.15, -0.1) is 0 Å². The second-order valence-electron chi connectivity index (χ2n) is 3.71. The van der Waals surface area contributed by atoms with Crippen LogP contribution in [0.25, 0.3) is 0 Å². The van der Waals surface area contributed by atoms with Gasteiger partial charge in [-0.25, -0.2) is 4.98 Å². The van der Waals surface area contributed by atoms with Crippen LogP contribution in [-0.2, 0) is 4.79 Å². The van der Waals surface area contributed by atoms with Crippen molar-refractivity contribution in [2.24, 2.45) is 5.73 Å². The van der Waals surface area contributed by atoms with Crippen LogP contribution in [0, 0.1) is 0 Å². The van der Waals surface area contributed by atoms with Crippen molar-refractivity contribution in [3.63, 3.8) is 0 Å². The molecule has 1 heterocycles. The zero-order valence-electron chi connectivity index (χ0n) is 9.65. The molecule has 1 unspecified atom stereocenters. The van der Waals surface area contributed by atoms with E-state index in [9.17, 15) is 4.79 Å². The van der Waals surface area contributed by atoms with Crippen LogP contribution in [0.5, 0.6) is 0 Å². The average Bonchev–Trinajstić information content (AvgIpc) is 2.27. The summed E-state index contributed by atoms with van der Waals surface area (Å²) in [6.07, 6.45) is 2.49. The lowest BCUT2D eigenvalue weighted by Gasteiger charge is -2.07. The highest BCUT2D eigenvalue weighted by Crippen LogP contribution is 2.17. The number of aromatic nitrogens is 1. The van der Waals surface area contributed by atoms with E-state index in [2.05, 4.69) is 10.3 Å². The maximum absolute atomic E-state index is 11.6. The Balaban J connectivity index is 2.28. The molecule has 0 saturated carbocycles. The quantitative estimate of drug-likeness (QED) is 0.616. The van der Waals surface area contributed by atoms with Gasteiger partial charge in [-0.05, 0) is 31.2 Å². The van der Waals surface area contributed by atoms with Gasteiger partial charge in [0.15, 0.2) is 5.15 Å². The van der Waals surface area contributed by atoms with Gasteiger partial charge in [-0.3, -0.25) is 4.79 Å². The Morgan fingerprint density at radius 3 is 3.12 bits per heavy atom. The summed E-state index contributed by atoms with van der Waals surface area (Å²) in [5.74, 6) is 1.21. The second kappa shape index (κ2) is 7.53. The van der Waals surface area contributed by atoms with Crippen LogP contribution in [-0.4, -0.2) is 28.4 Å². The first kappa shape index (κ1) is 14.3. The van der Waals surface area contributed by atoms with E-state index in [0.29, 0.717) is 16.6 Å². The molecule has 0 saturated heterocycles. The topological polar surface area (TPSA) is 68.0 Å². The van der Waals surface area contributed by atoms with Crippen molar-refractivity contribution in [2.75, 3.05) is 16.8 Å². The van der Waals surface area contributed by atoms with Crippen LogP contribution in [0.2, 0.25) is 5.15 Å². The van der Waals surface area contributed by atoms with Gasteiger partial charge < -0.3 is 11.1 Å². The van der Waals surface area contributed by atoms with Crippen molar-refractivity contribution in [3.05, 3.63) is 23.5 Å². The van der Waals surface area contributed by atoms with E-state index in [-0.39, 0.29) is 11.9 Å². The molecule has 0 aromatic carbocycles. The zero-order chi connectivity index (χ0) is 12.7. The highest BCUT2D eigenvalue weighted by Gasteiger charge is 2.06. The SMILES string of the molecule is CC(N)CCSCC(=O)Nc1cccnc1Cl. The number of carbonyl (C=O) groups is 1. The number of thioether (sulfide) groups is 1. The van der Waals surface area contributed by atoms with E-state index in [1.165, 1.54) is 0 Å². The second-order valence-corrected chi connectivity index (χ2v) is 5.17. The molecule has 1 amide bonds. The van der Waals surface area contributed by atoms with E-state index in [1.54, 1.807) is 30.1 Å². The Bertz CT molecular complexity index is 373. The fraction of sp³-hybridized carbons (Fsp3) is 0.455. The lowest BCUT2D eigenvalue weighted by Crippen LogP contribution is -2.17. The molecule has 1 atom stereocenters. The first-order valence-electron chi connectivity index (χ1n) is 5.33. The molecule has 0 fully saturated rings. The number of halogens is 1. The number of hydrogen-bond acceptors (Lipinski definition) is 4. The number of carbonyl (C=O) groups excluding carboxylic acids is 1. The van der Waals surface area contributed by atoms with Crippen molar-refractivity contribution in [1.29, 1.82) is 0 Å². The van der Waals surface area contributed by atoms with Crippen LogP contribution in [0.3, 0.4) is 0 Å². The molecule has 0 aliphatic carbocycles. The summed E-state index contributed by atoms with van der Waals surface area (Å²) < 4.78 is 0. The normalized spacial score (nSPS) is 12.2. The molecule has 0 radical (unpaired) electrons. The van der Waals surface area contributed by atoms with E-state index in [1.807, 2.05) is 6.92 Å². The highest BCUT2D eigenvalue weighted by molar-refractivity contribution is 7.99. The van der Waals surface area contributed by atoms with E-state index in [0.717, 1.165) is 12.2 Å². The van der Waals surface area contributed by atoms with Crippen LogP contribution in [0.1, 0.15) is 13.3 Å². The molecule has 1 aromatic rings. The minimum absolute atomic E-state index is 0.0745. The fourth-order valence-electron chi connectivity index (χ4n) is 1.10. The third-order valence-corrected chi connectivity index (χ3v) is 3.28. The van der Waals surface area contributed by atoms with Gasteiger partial charge in [0.05, 0.1) is 11.4 Å². The van der Waals surface area contributed by atoms with E-state index in [4.69, 9.17) is 17.3 Å². The predicted octanol–water partition coefficient (Wildman–Crippen LogP) is 2.14. The summed E-state index contributed by atoms with van der Waals surface area (Å²) >= 11 is 7.38. The maximum atomic E-state index is 11.6. The minimum atomic E-state index is -0.0745. The van der Waals surface area contributed by atoms with Gasteiger partial charge in [-0.2, -0.15) is 11.8 Å². The number of nitrogens with two attached hydrogens (primary N) is 1. The zero-order valence-corrected chi connectivity index (χ0v) is 11.2. The molecule has 0 spiro atoms. The van der Waals surface area contributed by atoms with Crippen molar-refractivity contribution < 1.29 is 4.79 Å². The predicted molar refractivity (Wildman–Crippen MR) is 73.5 cm³/mol. The summed E-state index contributed by atoms with van der Waals surface area (Å²) in [6, 6.07) is 3.63. The van der Waals surface area contributed by atoms with Gasteiger partial charge in [0, 0.05) is 12.2 Å². The summed E-state index contributed by atoms with van der Waals surface area (Å²) in [5.41, 5.74) is 6.16. The summed E-state index contributed by atoms with van der Waals surface area (Å²) in [5, 5.41) is 3.02. The van der Waals surface area contributed by atoms with Crippen molar-refractivity contribution in [2.45, 2.75) is 19.4 Å². The monoisotopic (exact) mass is 273 g/mol. The molecule has 17 heavy (non-hydrogen) atoms. The smallest absolute Gasteiger partial charge is 0.234 e. The number of anilines is 1. The third kappa shape index (κ3) is 5.91. The third-order valence-electron chi connectivity index (χ3n) is 1.98. The van der Waals surface area contributed by atoms with Crippen molar-refractivity contribution >= 4 is 35.0 Å². The molecule has 0 bridgehead atoms. The van der Waals surface area contributed by atoms with Crippen molar-refractivity contribution in [3.8, 4) is 0 Å². The van der Waals surface area contributed by atoms with Gasteiger partial charge in [-0.1, -0.05) is 11.6 Å². The number of hydrogen-bond donors (Lipinski definition) is 2. The van der Waals surface area contributed by atoms with Gasteiger partial charge in [0.25, 0.3) is 0 Å². The lowest BCUT2D eigenvalue weighted by molar-refractivity contribution is -0.113. The molecule has 1 rings (SSSR count). The number of pyridine rings is 1. The van der Waals surface area contributed by atoms with Crippen LogP contribution in [0.4, 0.5) is 5.69 Å². The van der Waals surface area contributed by atoms with Gasteiger partial charge in [0.2, 0.25) is 5.91 Å². The molecule has 4 nitrogen and oxygen atoms in total. The Morgan fingerprint density at radius 1 is 1.71 bits per heavy atom. The largest absolute Gasteiger partial charge is 0.328 e. The van der Waals surface area contributed by atoms with Crippen LogP contribution < -0.4 is 11.1 Å². The van der Waals surface area contributed by atoms with E-state index < -0.39 is 0 Å². The molecular formula is C11H16ClN3OS. The van der Waals surface area contributed by atoms with Crippen molar-refractivity contribution in [1.82, 2.24) is 4.98 Å². The number of amides is 1. The van der Waals surface area contributed by atoms with Gasteiger partial charge >= 0.3 is 0 Å². The summed E-state index contributed by atoms with van der Waals surface area (Å²) in [6.45, 7) is 1.95. The first-order chi connectivity index (χ1) is 8.09. The summed E-state index contributed by atoms with van der Waals surface area (Å²) in [7, 11) is 0. The van der Waals surface area contributed by atoms with Crippen LogP contribution in [0.15, 0.2) is 18.3 Å².